The van der Waals surface area contributed by atoms with Crippen LogP contribution in [0.4, 0.5) is 14.5 Å². The monoisotopic (exact) mass is 563 g/mol. The molecule has 0 spiro atoms. The number of methoxy groups -OCH3 is 1. The van der Waals surface area contributed by atoms with E-state index in [1.807, 2.05) is 32.0 Å². The smallest absolute Gasteiger partial charge is 0.232 e. The molecule has 0 unspecified atom stereocenters. The van der Waals surface area contributed by atoms with Crippen LogP contribution in [0.25, 0.3) is 0 Å². The van der Waals surface area contributed by atoms with Gasteiger partial charge < -0.3 is 20.3 Å². The molecule has 6 nitrogen and oxygen atoms in total. The molecule has 1 aliphatic heterocycles. The van der Waals surface area contributed by atoms with E-state index in [-0.39, 0.29) is 29.4 Å². The van der Waals surface area contributed by atoms with Crippen LogP contribution >= 0.6 is 0 Å². The molecule has 2 N–H and O–H groups in total. The van der Waals surface area contributed by atoms with Crippen molar-refractivity contribution in [2.45, 2.75) is 44.9 Å². The molecular weight excluding hydrogens is 524 g/mol. The van der Waals surface area contributed by atoms with Crippen molar-refractivity contribution >= 4 is 17.5 Å². The minimum absolute atomic E-state index is 0.00956. The molecule has 0 atom stereocenters. The van der Waals surface area contributed by atoms with Gasteiger partial charge in [0.1, 0.15) is 17.4 Å². The van der Waals surface area contributed by atoms with E-state index in [0.29, 0.717) is 23.6 Å². The molecule has 218 valence electrons. The van der Waals surface area contributed by atoms with Gasteiger partial charge in [0.05, 0.1) is 13.0 Å². The summed E-state index contributed by atoms with van der Waals surface area (Å²) in [6.45, 7) is 6.96. The quantitative estimate of drug-likeness (QED) is 0.277. The number of rotatable bonds is 11. The van der Waals surface area contributed by atoms with Crippen molar-refractivity contribution in [2.24, 2.45) is 5.92 Å². The van der Waals surface area contributed by atoms with E-state index in [1.54, 1.807) is 31.4 Å². The molecule has 0 bridgehead atoms. The summed E-state index contributed by atoms with van der Waals surface area (Å²) < 4.78 is 32.6. The second-order valence-electron chi connectivity index (χ2n) is 10.9. The second-order valence-corrected chi connectivity index (χ2v) is 10.9. The number of anilines is 1. The average molecular weight is 564 g/mol. The van der Waals surface area contributed by atoms with Crippen molar-refractivity contribution in [2.75, 3.05) is 38.6 Å². The fourth-order valence-corrected chi connectivity index (χ4v) is 5.31. The maximum Gasteiger partial charge on any atom is 0.232 e. The highest BCUT2D eigenvalue weighted by Crippen LogP contribution is 2.36. The van der Waals surface area contributed by atoms with Crippen LogP contribution in [0.3, 0.4) is 0 Å². The first kappa shape index (κ1) is 30.2. The summed E-state index contributed by atoms with van der Waals surface area (Å²) in [5.41, 5.74) is 3.22. The normalized spacial score (nSPS) is 14.3. The molecule has 0 radical (unpaired) electrons. The SMILES string of the molecule is COc1ccc(NC(=O)C(C)C)cc1C1CCN(CCCNC(=O)C(c2ccc(F)cc2)c2ccc(F)cc2)CC1. The van der Waals surface area contributed by atoms with Gasteiger partial charge in [-0.2, -0.15) is 0 Å². The van der Waals surface area contributed by atoms with Gasteiger partial charge in [0.25, 0.3) is 0 Å². The summed E-state index contributed by atoms with van der Waals surface area (Å²) >= 11 is 0. The second kappa shape index (κ2) is 14.2. The molecule has 1 aliphatic rings. The van der Waals surface area contributed by atoms with Crippen LogP contribution in [0, 0.1) is 17.6 Å². The van der Waals surface area contributed by atoms with Gasteiger partial charge in [-0.3, -0.25) is 9.59 Å². The Morgan fingerprint density at radius 2 is 1.49 bits per heavy atom. The number of hydrogen-bond acceptors (Lipinski definition) is 4. The van der Waals surface area contributed by atoms with E-state index < -0.39 is 5.92 Å². The zero-order chi connectivity index (χ0) is 29.4. The number of ether oxygens (including phenoxy) is 1. The first-order valence-corrected chi connectivity index (χ1v) is 14.2. The molecule has 1 heterocycles. The Kier molecular flexibility index (Phi) is 10.5. The van der Waals surface area contributed by atoms with Crippen molar-refractivity contribution in [1.29, 1.82) is 0 Å². The van der Waals surface area contributed by atoms with E-state index in [9.17, 15) is 18.4 Å². The lowest BCUT2D eigenvalue weighted by atomic mass is 9.88. The fraction of sp³-hybridized carbons (Fsp3) is 0.394. The Morgan fingerprint density at radius 3 is 2.02 bits per heavy atom. The van der Waals surface area contributed by atoms with E-state index in [4.69, 9.17) is 4.74 Å². The van der Waals surface area contributed by atoms with Crippen LogP contribution in [-0.2, 0) is 9.59 Å². The number of piperidine rings is 1. The van der Waals surface area contributed by atoms with Gasteiger partial charge in [-0.05, 0) is 104 Å². The van der Waals surface area contributed by atoms with Gasteiger partial charge >= 0.3 is 0 Å². The lowest BCUT2D eigenvalue weighted by Crippen LogP contribution is -2.36. The van der Waals surface area contributed by atoms with E-state index in [1.165, 1.54) is 24.3 Å². The Labute approximate surface area is 241 Å². The summed E-state index contributed by atoms with van der Waals surface area (Å²) in [6.07, 6.45) is 2.74. The molecule has 3 aromatic carbocycles. The van der Waals surface area contributed by atoms with Crippen LogP contribution < -0.4 is 15.4 Å². The van der Waals surface area contributed by atoms with Gasteiger partial charge in [0, 0.05) is 18.2 Å². The molecular formula is C33H39F2N3O3. The van der Waals surface area contributed by atoms with Crippen molar-refractivity contribution < 1.29 is 23.1 Å². The molecule has 8 heteroatoms. The Bertz CT molecular complexity index is 1260. The Balaban J connectivity index is 1.29. The zero-order valence-corrected chi connectivity index (χ0v) is 24.0. The van der Waals surface area contributed by atoms with Crippen molar-refractivity contribution in [3.05, 3.63) is 95.1 Å². The molecule has 4 rings (SSSR count). The highest BCUT2D eigenvalue weighted by Gasteiger charge is 2.25. The molecule has 3 aromatic rings. The van der Waals surface area contributed by atoms with E-state index >= 15 is 0 Å². The summed E-state index contributed by atoms with van der Waals surface area (Å²) in [5.74, 6) is -0.523. The van der Waals surface area contributed by atoms with Gasteiger partial charge in [-0.1, -0.05) is 38.1 Å². The van der Waals surface area contributed by atoms with Crippen LogP contribution in [0.1, 0.15) is 61.6 Å². The van der Waals surface area contributed by atoms with E-state index in [0.717, 1.165) is 55.9 Å². The van der Waals surface area contributed by atoms with Gasteiger partial charge in [0.2, 0.25) is 11.8 Å². The van der Waals surface area contributed by atoms with Crippen LogP contribution in [-0.4, -0.2) is 50.0 Å². The third-order valence-electron chi connectivity index (χ3n) is 7.67. The molecule has 2 amide bonds. The summed E-state index contributed by atoms with van der Waals surface area (Å²) in [4.78, 5) is 27.8. The number of nitrogens with zero attached hydrogens (tertiary/aromatic N) is 1. The molecule has 41 heavy (non-hydrogen) atoms. The molecule has 1 fully saturated rings. The topological polar surface area (TPSA) is 70.7 Å². The summed E-state index contributed by atoms with van der Waals surface area (Å²) in [5, 5.41) is 6.01. The molecule has 0 aromatic heterocycles. The number of likely N-dealkylation sites (tertiary alicyclic amines) is 1. The number of halogens is 2. The van der Waals surface area contributed by atoms with Gasteiger partial charge in [-0.25, -0.2) is 8.78 Å². The number of benzene rings is 3. The molecule has 0 saturated carbocycles. The van der Waals surface area contributed by atoms with Gasteiger partial charge in [0.15, 0.2) is 0 Å². The Hall–Kier alpha value is -3.78. The van der Waals surface area contributed by atoms with Crippen molar-refractivity contribution in [3.63, 3.8) is 0 Å². The highest BCUT2D eigenvalue weighted by atomic mass is 19.1. The zero-order valence-electron chi connectivity index (χ0n) is 24.0. The maximum absolute atomic E-state index is 13.5. The predicted molar refractivity (Wildman–Crippen MR) is 157 cm³/mol. The largest absolute Gasteiger partial charge is 0.496 e. The lowest BCUT2D eigenvalue weighted by molar-refractivity contribution is -0.121. The molecule has 1 saturated heterocycles. The van der Waals surface area contributed by atoms with Crippen molar-refractivity contribution in [3.8, 4) is 5.75 Å². The standard InChI is InChI=1S/C33H39F2N3O3/c1-22(2)32(39)37-28-13-14-30(41-3)29(21-28)23-15-19-38(20-16-23)18-4-17-36-33(40)31(24-5-9-26(34)10-6-24)25-7-11-27(35)12-8-25/h5-14,21-23,31H,4,15-20H2,1-3H3,(H,36,40)(H,37,39). The number of amides is 2. The number of nitrogens with one attached hydrogen (secondary N) is 2. The average Bonchev–Trinajstić information content (AvgIpc) is 2.97. The first-order valence-electron chi connectivity index (χ1n) is 14.2. The van der Waals surface area contributed by atoms with E-state index in [2.05, 4.69) is 15.5 Å². The van der Waals surface area contributed by atoms with Crippen LogP contribution in [0.5, 0.6) is 5.75 Å². The minimum atomic E-state index is -0.650. The highest BCUT2D eigenvalue weighted by molar-refractivity contribution is 5.92. The Morgan fingerprint density at radius 1 is 0.902 bits per heavy atom. The van der Waals surface area contributed by atoms with Crippen LogP contribution in [0.15, 0.2) is 66.7 Å². The number of carbonyl (C=O) groups excluding carboxylic acids is 2. The predicted octanol–water partition coefficient (Wildman–Crippen LogP) is 6.09. The summed E-state index contributed by atoms with van der Waals surface area (Å²) in [7, 11) is 1.67. The third kappa shape index (κ3) is 8.13. The maximum atomic E-state index is 13.5. The van der Waals surface area contributed by atoms with Crippen LogP contribution in [0.2, 0.25) is 0 Å². The number of carbonyl (C=O) groups is 2. The summed E-state index contributed by atoms with van der Waals surface area (Å²) in [6, 6.07) is 17.5. The number of hydrogen-bond donors (Lipinski definition) is 2. The minimum Gasteiger partial charge on any atom is -0.496 e. The van der Waals surface area contributed by atoms with Gasteiger partial charge in [-0.15, -0.1) is 0 Å². The molecule has 0 aliphatic carbocycles. The third-order valence-corrected chi connectivity index (χ3v) is 7.67. The lowest BCUT2D eigenvalue weighted by Gasteiger charge is -2.33. The first-order chi connectivity index (χ1) is 19.7. The fourth-order valence-electron chi connectivity index (χ4n) is 5.31. The van der Waals surface area contributed by atoms with Crippen molar-refractivity contribution in [1.82, 2.24) is 10.2 Å².